The molecule has 0 spiro atoms. The van der Waals surface area contributed by atoms with Crippen molar-refractivity contribution in [2.45, 2.75) is 6.92 Å². The van der Waals surface area contributed by atoms with E-state index >= 15 is 0 Å². The van der Waals surface area contributed by atoms with E-state index in [-0.39, 0.29) is 12.5 Å². The predicted molar refractivity (Wildman–Crippen MR) is 102 cm³/mol. The van der Waals surface area contributed by atoms with Crippen molar-refractivity contribution in [3.63, 3.8) is 0 Å². The second kappa shape index (κ2) is 9.89. The number of hydrogen-bond acceptors (Lipinski definition) is 6. The summed E-state index contributed by atoms with van der Waals surface area (Å²) in [6.07, 6.45) is 1.58. The second-order valence-electron chi connectivity index (χ2n) is 6.34. The molecule has 0 unspecified atom stereocenters. The number of rotatable bonds is 8. The third-order valence-corrected chi connectivity index (χ3v) is 4.17. The normalized spacial score (nSPS) is 14.6. The summed E-state index contributed by atoms with van der Waals surface area (Å²) in [5.41, 5.74) is 1.75. The van der Waals surface area contributed by atoms with Gasteiger partial charge in [0.1, 0.15) is 12.4 Å². The molecule has 0 atom stereocenters. The highest BCUT2D eigenvalue weighted by Crippen LogP contribution is 2.13. The van der Waals surface area contributed by atoms with E-state index in [1.54, 1.807) is 18.3 Å². The smallest absolute Gasteiger partial charge is 0.262 e. The van der Waals surface area contributed by atoms with Crippen LogP contribution < -0.4 is 14.8 Å². The van der Waals surface area contributed by atoms with Gasteiger partial charge in [-0.25, -0.2) is 4.98 Å². The highest BCUT2D eigenvalue weighted by atomic mass is 16.5. The van der Waals surface area contributed by atoms with Crippen LogP contribution >= 0.6 is 0 Å². The van der Waals surface area contributed by atoms with Crippen molar-refractivity contribution in [1.82, 2.24) is 9.88 Å². The summed E-state index contributed by atoms with van der Waals surface area (Å²) in [6, 6.07) is 11.1. The van der Waals surface area contributed by atoms with E-state index in [0.717, 1.165) is 38.4 Å². The molecule has 144 valence electrons. The molecule has 0 saturated carbocycles. The first-order chi connectivity index (χ1) is 13.2. The molecular formula is C20H25N3O4. The zero-order valence-electron chi connectivity index (χ0n) is 15.5. The number of aryl methyl sites for hydroxylation is 1. The number of amides is 1. The molecule has 1 aliphatic rings. The first-order valence-corrected chi connectivity index (χ1v) is 9.07. The van der Waals surface area contributed by atoms with Crippen LogP contribution in [-0.4, -0.2) is 61.9 Å². The molecule has 1 N–H and O–H groups in total. The van der Waals surface area contributed by atoms with Crippen LogP contribution in [0.5, 0.6) is 11.6 Å². The number of pyridine rings is 1. The number of nitrogens with one attached hydrogen (secondary N) is 1. The quantitative estimate of drug-likeness (QED) is 0.766. The van der Waals surface area contributed by atoms with Crippen LogP contribution in [-0.2, 0) is 9.53 Å². The summed E-state index contributed by atoms with van der Waals surface area (Å²) in [7, 11) is 0. The Morgan fingerprint density at radius 3 is 2.63 bits per heavy atom. The lowest BCUT2D eigenvalue weighted by Crippen LogP contribution is -2.38. The Morgan fingerprint density at radius 2 is 1.93 bits per heavy atom. The van der Waals surface area contributed by atoms with Crippen LogP contribution in [0.25, 0.3) is 0 Å². The van der Waals surface area contributed by atoms with Crippen LogP contribution in [0.4, 0.5) is 5.69 Å². The van der Waals surface area contributed by atoms with E-state index in [0.29, 0.717) is 23.9 Å². The molecule has 1 aromatic heterocycles. The summed E-state index contributed by atoms with van der Waals surface area (Å²) in [5, 5.41) is 2.75. The zero-order chi connectivity index (χ0) is 18.9. The molecule has 2 heterocycles. The maximum atomic E-state index is 12.0. The summed E-state index contributed by atoms with van der Waals surface area (Å²) < 4.78 is 16.4. The van der Waals surface area contributed by atoms with Crippen molar-refractivity contribution in [1.29, 1.82) is 0 Å². The van der Waals surface area contributed by atoms with Crippen molar-refractivity contribution in [3.05, 3.63) is 48.2 Å². The zero-order valence-corrected chi connectivity index (χ0v) is 15.5. The Bertz CT molecular complexity index is 713. The number of carbonyl (C=O) groups excluding carboxylic acids is 1. The van der Waals surface area contributed by atoms with Crippen molar-refractivity contribution in [2.75, 3.05) is 51.4 Å². The largest absolute Gasteiger partial charge is 0.484 e. The van der Waals surface area contributed by atoms with Gasteiger partial charge >= 0.3 is 0 Å². The van der Waals surface area contributed by atoms with Crippen molar-refractivity contribution in [3.8, 4) is 11.6 Å². The molecule has 0 bridgehead atoms. The van der Waals surface area contributed by atoms with Gasteiger partial charge in [-0.2, -0.15) is 0 Å². The van der Waals surface area contributed by atoms with Gasteiger partial charge in [0, 0.05) is 25.7 Å². The van der Waals surface area contributed by atoms with E-state index in [2.05, 4.69) is 15.2 Å². The fourth-order valence-corrected chi connectivity index (χ4v) is 2.62. The first kappa shape index (κ1) is 19.1. The van der Waals surface area contributed by atoms with Gasteiger partial charge < -0.3 is 19.5 Å². The molecule has 1 fully saturated rings. The Labute approximate surface area is 159 Å². The molecule has 2 aromatic rings. The maximum absolute atomic E-state index is 12.0. The molecule has 7 heteroatoms. The summed E-state index contributed by atoms with van der Waals surface area (Å²) in [5.74, 6) is 0.966. The van der Waals surface area contributed by atoms with Gasteiger partial charge in [-0.15, -0.1) is 0 Å². The number of hydrogen-bond donors (Lipinski definition) is 1. The number of morpholine rings is 1. The molecule has 0 aliphatic carbocycles. The third-order valence-electron chi connectivity index (χ3n) is 4.17. The van der Waals surface area contributed by atoms with E-state index in [1.807, 2.05) is 31.2 Å². The number of aromatic nitrogens is 1. The molecule has 1 saturated heterocycles. The molecule has 1 aliphatic heterocycles. The Kier molecular flexibility index (Phi) is 7.01. The topological polar surface area (TPSA) is 72.9 Å². The number of carbonyl (C=O) groups is 1. The van der Waals surface area contributed by atoms with Gasteiger partial charge in [0.2, 0.25) is 5.88 Å². The molecular weight excluding hydrogens is 346 g/mol. The van der Waals surface area contributed by atoms with Gasteiger partial charge in [0.05, 0.1) is 25.1 Å². The van der Waals surface area contributed by atoms with Gasteiger partial charge in [0.15, 0.2) is 6.61 Å². The van der Waals surface area contributed by atoms with E-state index in [1.165, 1.54) is 0 Å². The third kappa shape index (κ3) is 6.54. The minimum Gasteiger partial charge on any atom is -0.484 e. The molecule has 0 radical (unpaired) electrons. The van der Waals surface area contributed by atoms with Crippen LogP contribution in [0, 0.1) is 6.92 Å². The fraction of sp³-hybridized carbons (Fsp3) is 0.400. The lowest BCUT2D eigenvalue weighted by molar-refractivity contribution is -0.118. The van der Waals surface area contributed by atoms with Gasteiger partial charge in [0.25, 0.3) is 5.91 Å². The highest BCUT2D eigenvalue weighted by Gasteiger charge is 2.10. The minimum atomic E-state index is -0.238. The molecule has 7 nitrogen and oxygen atoms in total. The predicted octanol–water partition coefficient (Wildman–Crippen LogP) is 2.12. The van der Waals surface area contributed by atoms with Crippen LogP contribution in [0.15, 0.2) is 42.6 Å². The molecule has 3 rings (SSSR count). The first-order valence-electron chi connectivity index (χ1n) is 9.07. The standard InChI is InChI=1S/C20H25N3O4/c1-16-2-5-18(6-3-16)27-15-19(24)22-17-4-7-20(21-14-17)26-13-10-23-8-11-25-12-9-23/h2-7,14H,8-13,15H2,1H3,(H,22,24). The lowest BCUT2D eigenvalue weighted by atomic mass is 10.2. The number of benzene rings is 1. The van der Waals surface area contributed by atoms with Crippen molar-refractivity contribution in [2.24, 2.45) is 0 Å². The Hall–Kier alpha value is -2.64. The monoisotopic (exact) mass is 371 g/mol. The summed E-state index contributed by atoms with van der Waals surface area (Å²) in [4.78, 5) is 18.5. The van der Waals surface area contributed by atoms with Gasteiger partial charge in [-0.05, 0) is 25.1 Å². The van der Waals surface area contributed by atoms with Crippen LogP contribution in [0.2, 0.25) is 0 Å². The second-order valence-corrected chi connectivity index (χ2v) is 6.34. The van der Waals surface area contributed by atoms with E-state index in [4.69, 9.17) is 14.2 Å². The summed E-state index contributed by atoms with van der Waals surface area (Å²) in [6.45, 7) is 6.79. The van der Waals surface area contributed by atoms with Crippen molar-refractivity contribution < 1.29 is 19.0 Å². The highest BCUT2D eigenvalue weighted by molar-refractivity contribution is 5.91. The van der Waals surface area contributed by atoms with Crippen molar-refractivity contribution >= 4 is 11.6 Å². The van der Waals surface area contributed by atoms with E-state index in [9.17, 15) is 4.79 Å². The van der Waals surface area contributed by atoms with Gasteiger partial charge in [-0.3, -0.25) is 9.69 Å². The van der Waals surface area contributed by atoms with E-state index < -0.39 is 0 Å². The van der Waals surface area contributed by atoms with Gasteiger partial charge in [-0.1, -0.05) is 17.7 Å². The molecule has 1 amide bonds. The fourth-order valence-electron chi connectivity index (χ4n) is 2.62. The molecule has 1 aromatic carbocycles. The number of nitrogens with zero attached hydrogens (tertiary/aromatic N) is 2. The number of anilines is 1. The van der Waals surface area contributed by atoms with Crippen LogP contribution in [0.3, 0.4) is 0 Å². The SMILES string of the molecule is Cc1ccc(OCC(=O)Nc2ccc(OCCN3CCOCC3)nc2)cc1. The average Bonchev–Trinajstić information content (AvgIpc) is 2.70. The minimum absolute atomic E-state index is 0.0547. The molecule has 27 heavy (non-hydrogen) atoms. The van der Waals surface area contributed by atoms with Crippen LogP contribution in [0.1, 0.15) is 5.56 Å². The summed E-state index contributed by atoms with van der Waals surface area (Å²) >= 11 is 0. The lowest BCUT2D eigenvalue weighted by Gasteiger charge is -2.26. The average molecular weight is 371 g/mol. The Morgan fingerprint density at radius 1 is 1.15 bits per heavy atom. The number of ether oxygens (including phenoxy) is 3. The Balaban J connectivity index is 1.37. The maximum Gasteiger partial charge on any atom is 0.262 e.